The molecule has 176 valence electrons. The van der Waals surface area contributed by atoms with Crippen LogP contribution in [-0.2, 0) is 0 Å². The average Bonchev–Trinajstić information content (AvgIpc) is 2.97. The van der Waals surface area contributed by atoms with Crippen molar-refractivity contribution in [2.24, 2.45) is 0 Å². The molecule has 1 aliphatic carbocycles. The molecule has 0 aromatic heterocycles. The molecule has 1 aromatic carbocycles. The van der Waals surface area contributed by atoms with Crippen LogP contribution in [-0.4, -0.2) is 52.6 Å². The number of hydrogen-bond donors (Lipinski definition) is 0. The number of fused-ring (bicyclic) bond motifs is 1. The second kappa shape index (κ2) is 7.62. The molecule has 0 saturated heterocycles. The number of rotatable bonds is 6. The van der Waals surface area contributed by atoms with E-state index in [0.29, 0.717) is 0 Å². The van der Waals surface area contributed by atoms with Gasteiger partial charge in [0.25, 0.3) is 17.5 Å². The van der Waals surface area contributed by atoms with E-state index >= 15 is 0 Å². The molecule has 1 heterocycles. The molecule has 0 bridgehead atoms. The van der Waals surface area contributed by atoms with Gasteiger partial charge < -0.3 is 0 Å². The summed E-state index contributed by atoms with van der Waals surface area (Å²) in [7, 11) is 0. The van der Waals surface area contributed by atoms with E-state index in [1.807, 2.05) is 0 Å². The summed E-state index contributed by atoms with van der Waals surface area (Å²) in [5.41, 5.74) is -5.26. The monoisotopic (exact) mass is 585 g/mol. The van der Waals surface area contributed by atoms with Crippen LogP contribution in [0.1, 0.15) is 40.0 Å². The van der Waals surface area contributed by atoms with Crippen LogP contribution >= 0.6 is 22.6 Å². The highest BCUT2D eigenvalue weighted by Gasteiger charge is 3.00. The van der Waals surface area contributed by atoms with Crippen LogP contribution in [0.2, 0.25) is 0 Å². The Labute approximate surface area is 188 Å². The number of hydrogen-bond acceptors (Lipinski definition) is 2. The first-order valence-corrected chi connectivity index (χ1v) is 10.1. The maximum Gasteiger partial charge on any atom is 0.382 e. The van der Waals surface area contributed by atoms with Crippen molar-refractivity contribution in [1.82, 2.24) is 4.90 Å². The van der Waals surface area contributed by atoms with Crippen molar-refractivity contribution in [3.05, 3.63) is 45.0 Å². The summed E-state index contributed by atoms with van der Waals surface area (Å²) >= 11 is 1.11. The van der Waals surface area contributed by atoms with Gasteiger partial charge in [0.05, 0.1) is 11.1 Å². The Morgan fingerprint density at radius 3 is 1.66 bits per heavy atom. The first kappa shape index (κ1) is 24.8. The van der Waals surface area contributed by atoms with Crippen LogP contribution in [0, 0.1) is 0 Å². The van der Waals surface area contributed by atoms with Gasteiger partial charge in [-0.05, 0) is 63.6 Å². The summed E-state index contributed by atoms with van der Waals surface area (Å²) in [5.74, 6) is -27.1. The molecular formula is C19H13F9INO2. The highest BCUT2D eigenvalue weighted by atomic mass is 127. The quantitative estimate of drug-likeness (QED) is 0.177. The number of halogens is 10. The topological polar surface area (TPSA) is 37.4 Å². The number of allylic oxidation sites excluding steroid dienone is 2. The summed E-state index contributed by atoms with van der Waals surface area (Å²) < 4.78 is 122. The molecule has 0 N–H and O–H groups in total. The van der Waals surface area contributed by atoms with Gasteiger partial charge in [0.1, 0.15) is 0 Å². The van der Waals surface area contributed by atoms with Gasteiger partial charge in [0.2, 0.25) is 0 Å². The molecule has 1 saturated carbocycles. The molecule has 13 heteroatoms. The zero-order chi connectivity index (χ0) is 24.3. The van der Waals surface area contributed by atoms with E-state index in [9.17, 15) is 49.1 Å². The van der Waals surface area contributed by atoms with Crippen molar-refractivity contribution in [1.29, 1.82) is 0 Å². The van der Waals surface area contributed by atoms with E-state index in [2.05, 4.69) is 0 Å². The maximum atomic E-state index is 14.5. The second-order valence-electron chi connectivity index (χ2n) is 7.37. The number of benzene rings is 1. The number of amides is 2. The van der Waals surface area contributed by atoms with Crippen LogP contribution in [0.15, 0.2) is 33.9 Å². The Morgan fingerprint density at radius 1 is 0.781 bits per heavy atom. The number of carbonyl (C=O) groups excluding carboxylic acids is 2. The summed E-state index contributed by atoms with van der Waals surface area (Å²) in [6, 6.07) is 5.98. The van der Waals surface area contributed by atoms with E-state index < -0.39 is 57.2 Å². The predicted octanol–water partition coefficient (Wildman–Crippen LogP) is 6.03. The highest BCUT2D eigenvalue weighted by Crippen LogP contribution is 2.69. The maximum absolute atomic E-state index is 14.5. The van der Waals surface area contributed by atoms with Crippen molar-refractivity contribution >= 4 is 34.4 Å². The summed E-state index contributed by atoms with van der Waals surface area (Å²) in [5, 5.41) is 0. The normalized spacial score (nSPS) is 24.7. The number of carbonyl (C=O) groups is 2. The van der Waals surface area contributed by atoms with E-state index in [4.69, 9.17) is 0 Å². The lowest BCUT2D eigenvalue weighted by atomic mass is 9.96. The van der Waals surface area contributed by atoms with Gasteiger partial charge in [-0.25, -0.2) is 4.39 Å². The third-order valence-corrected chi connectivity index (χ3v) is 6.23. The molecule has 3 rings (SSSR count). The molecule has 32 heavy (non-hydrogen) atoms. The predicted molar refractivity (Wildman–Crippen MR) is 101 cm³/mol. The Kier molecular flexibility index (Phi) is 5.91. The zero-order valence-corrected chi connectivity index (χ0v) is 17.9. The van der Waals surface area contributed by atoms with Crippen molar-refractivity contribution in [2.45, 2.75) is 48.6 Å². The number of imide groups is 1. The Balaban J connectivity index is 1.68. The van der Waals surface area contributed by atoms with Gasteiger partial charge in [-0.15, -0.1) is 0 Å². The number of nitrogens with zero attached hydrogens (tertiary/aromatic N) is 1. The van der Waals surface area contributed by atoms with Gasteiger partial charge >= 0.3 is 23.7 Å². The lowest BCUT2D eigenvalue weighted by molar-refractivity contribution is -0.303. The molecule has 1 aromatic rings. The van der Waals surface area contributed by atoms with E-state index in [1.165, 1.54) is 12.1 Å². The van der Waals surface area contributed by atoms with Crippen LogP contribution in [0.25, 0.3) is 0 Å². The van der Waals surface area contributed by atoms with Gasteiger partial charge in [-0.2, -0.15) is 35.1 Å². The third-order valence-electron chi connectivity index (χ3n) is 5.38. The molecular weight excluding hydrogens is 572 g/mol. The summed E-state index contributed by atoms with van der Waals surface area (Å²) in [6.45, 7) is -0.139. The minimum Gasteiger partial charge on any atom is -0.274 e. The van der Waals surface area contributed by atoms with Crippen molar-refractivity contribution in [3.63, 3.8) is 0 Å². The minimum absolute atomic E-state index is 0.0319. The van der Waals surface area contributed by atoms with Crippen molar-refractivity contribution in [3.8, 4) is 0 Å². The fourth-order valence-electron chi connectivity index (χ4n) is 3.52. The number of alkyl halides is 9. The standard InChI is InChI=1S/C19H13F9INO2/c20-15(16(21,22)18(25,26)19(27,28)17(15,23)24)9-10(29)5-3-4-8-30-13(31)11-6-1-2-7-12(11)14(30)32/h1-2,6-7,9H,3-5,8H2. The van der Waals surface area contributed by atoms with Crippen LogP contribution in [0.3, 0.4) is 0 Å². The van der Waals surface area contributed by atoms with Gasteiger partial charge in [0.15, 0.2) is 0 Å². The van der Waals surface area contributed by atoms with Crippen LogP contribution in [0.4, 0.5) is 39.5 Å². The Morgan fingerprint density at radius 2 is 1.22 bits per heavy atom. The van der Waals surface area contributed by atoms with Crippen molar-refractivity contribution < 1.29 is 49.1 Å². The largest absolute Gasteiger partial charge is 0.382 e. The first-order chi connectivity index (χ1) is 14.5. The van der Waals surface area contributed by atoms with E-state index in [-0.39, 0.29) is 30.5 Å². The molecule has 0 spiro atoms. The SMILES string of the molecule is O=C1c2ccccc2C(=O)N1CCCCC(I)=CC1(F)C(F)(F)C(F)(F)C(F)(F)C1(F)F. The van der Waals surface area contributed by atoms with Gasteiger partial charge in [0, 0.05) is 6.54 Å². The molecule has 0 radical (unpaired) electrons. The van der Waals surface area contributed by atoms with E-state index in [0.717, 1.165) is 27.5 Å². The fourth-order valence-corrected chi connectivity index (χ4v) is 4.33. The fraction of sp³-hybridized carbons (Fsp3) is 0.474. The lowest BCUT2D eigenvalue weighted by Gasteiger charge is -2.28. The molecule has 1 fully saturated rings. The van der Waals surface area contributed by atoms with Gasteiger partial charge in [-0.1, -0.05) is 12.1 Å². The molecule has 1 aliphatic heterocycles. The average molecular weight is 585 g/mol. The summed E-state index contributed by atoms with van der Waals surface area (Å²) in [6.07, 6.45) is -1.05. The Bertz CT molecular complexity index is 932. The van der Waals surface area contributed by atoms with Crippen LogP contribution < -0.4 is 0 Å². The zero-order valence-electron chi connectivity index (χ0n) is 15.8. The molecule has 2 aliphatic rings. The summed E-state index contributed by atoms with van der Waals surface area (Å²) in [4.78, 5) is 25.3. The smallest absolute Gasteiger partial charge is 0.274 e. The lowest BCUT2D eigenvalue weighted by Crippen LogP contribution is -2.53. The van der Waals surface area contributed by atoms with Crippen molar-refractivity contribution in [2.75, 3.05) is 6.54 Å². The van der Waals surface area contributed by atoms with E-state index in [1.54, 1.807) is 12.1 Å². The molecule has 3 nitrogen and oxygen atoms in total. The first-order valence-electron chi connectivity index (χ1n) is 9.07. The molecule has 0 atom stereocenters. The highest BCUT2D eigenvalue weighted by molar-refractivity contribution is 14.1. The molecule has 2 amide bonds. The Hall–Kier alpha value is -1.80. The van der Waals surface area contributed by atoms with Crippen LogP contribution in [0.5, 0.6) is 0 Å². The third kappa shape index (κ3) is 3.09. The minimum atomic E-state index is -6.61. The van der Waals surface area contributed by atoms with Gasteiger partial charge in [-0.3, -0.25) is 14.5 Å². The number of unbranched alkanes of at least 4 members (excludes halogenated alkanes) is 1. The second-order valence-corrected chi connectivity index (χ2v) is 8.75. The molecule has 0 unspecified atom stereocenters.